The second-order valence-corrected chi connectivity index (χ2v) is 7.98. The van der Waals surface area contributed by atoms with Crippen LogP contribution in [0.2, 0.25) is 0 Å². The molecule has 1 saturated heterocycles. The molecular formula is C20H31BrN4O. The van der Waals surface area contributed by atoms with Gasteiger partial charge in [0.15, 0.2) is 5.96 Å². The standard InChI is InChI=1S/C20H31BrN4O/c1-4-22-20(23-11-6-8-16-7-5-9-17(21)13-16)24-18-10-12-25(14-18)19(26)15(2)3/h5,7,9,13,15,18H,4,6,8,10-12,14H2,1-3H3,(H2,22,23,24). The number of amides is 1. The summed E-state index contributed by atoms with van der Waals surface area (Å²) in [5, 5.41) is 6.80. The van der Waals surface area contributed by atoms with E-state index in [1.165, 1.54) is 5.56 Å². The zero-order valence-electron chi connectivity index (χ0n) is 16.1. The number of nitrogens with zero attached hydrogens (tertiary/aromatic N) is 2. The second-order valence-electron chi connectivity index (χ2n) is 7.06. The number of hydrogen-bond donors (Lipinski definition) is 2. The molecule has 1 aromatic carbocycles. The molecule has 1 amide bonds. The zero-order chi connectivity index (χ0) is 18.9. The van der Waals surface area contributed by atoms with Crippen LogP contribution >= 0.6 is 15.9 Å². The number of halogens is 1. The van der Waals surface area contributed by atoms with Gasteiger partial charge < -0.3 is 15.5 Å². The Bertz CT molecular complexity index is 618. The summed E-state index contributed by atoms with van der Waals surface area (Å²) < 4.78 is 1.12. The van der Waals surface area contributed by atoms with Crippen LogP contribution in [0.25, 0.3) is 0 Å². The summed E-state index contributed by atoms with van der Waals surface area (Å²) in [6.45, 7) is 9.19. The third-order valence-corrected chi connectivity index (χ3v) is 4.95. The Morgan fingerprint density at radius 1 is 1.42 bits per heavy atom. The molecule has 144 valence electrons. The smallest absolute Gasteiger partial charge is 0.225 e. The van der Waals surface area contributed by atoms with Gasteiger partial charge in [-0.05, 0) is 43.9 Å². The van der Waals surface area contributed by atoms with Gasteiger partial charge in [0.25, 0.3) is 0 Å². The number of nitrogens with one attached hydrogen (secondary N) is 2. The van der Waals surface area contributed by atoms with Crippen molar-refractivity contribution in [1.82, 2.24) is 15.5 Å². The number of carbonyl (C=O) groups excluding carboxylic acids is 1. The number of rotatable bonds is 7. The number of guanidine groups is 1. The van der Waals surface area contributed by atoms with Crippen LogP contribution in [0.1, 0.15) is 39.2 Å². The maximum Gasteiger partial charge on any atom is 0.225 e. The van der Waals surface area contributed by atoms with E-state index in [2.05, 4.69) is 51.7 Å². The summed E-state index contributed by atoms with van der Waals surface area (Å²) in [6, 6.07) is 8.70. The van der Waals surface area contributed by atoms with E-state index < -0.39 is 0 Å². The molecular weight excluding hydrogens is 392 g/mol. The van der Waals surface area contributed by atoms with Crippen LogP contribution in [0.3, 0.4) is 0 Å². The van der Waals surface area contributed by atoms with Crippen molar-refractivity contribution in [2.24, 2.45) is 10.9 Å². The van der Waals surface area contributed by atoms with Crippen molar-refractivity contribution in [1.29, 1.82) is 0 Å². The van der Waals surface area contributed by atoms with E-state index in [4.69, 9.17) is 4.99 Å². The van der Waals surface area contributed by atoms with Crippen LogP contribution in [0, 0.1) is 5.92 Å². The lowest BCUT2D eigenvalue weighted by Crippen LogP contribution is -2.45. The topological polar surface area (TPSA) is 56.7 Å². The summed E-state index contributed by atoms with van der Waals surface area (Å²) in [6.07, 6.45) is 3.00. The highest BCUT2D eigenvalue weighted by molar-refractivity contribution is 9.10. The highest BCUT2D eigenvalue weighted by atomic mass is 79.9. The average molecular weight is 423 g/mol. The zero-order valence-corrected chi connectivity index (χ0v) is 17.7. The fourth-order valence-corrected chi connectivity index (χ4v) is 3.57. The van der Waals surface area contributed by atoms with Crippen molar-refractivity contribution in [3.63, 3.8) is 0 Å². The molecule has 26 heavy (non-hydrogen) atoms. The van der Waals surface area contributed by atoms with E-state index in [0.717, 1.165) is 55.9 Å². The number of hydrogen-bond acceptors (Lipinski definition) is 2. The van der Waals surface area contributed by atoms with Crippen LogP contribution < -0.4 is 10.6 Å². The summed E-state index contributed by atoms with van der Waals surface area (Å²) in [5.41, 5.74) is 1.33. The van der Waals surface area contributed by atoms with Crippen LogP contribution in [-0.4, -0.2) is 49.0 Å². The minimum Gasteiger partial charge on any atom is -0.357 e. The first kappa shape index (κ1) is 20.7. The van der Waals surface area contributed by atoms with Gasteiger partial charge >= 0.3 is 0 Å². The maximum atomic E-state index is 12.1. The van der Waals surface area contributed by atoms with E-state index >= 15 is 0 Å². The molecule has 0 radical (unpaired) electrons. The lowest BCUT2D eigenvalue weighted by Gasteiger charge is -2.20. The van der Waals surface area contributed by atoms with Crippen molar-refractivity contribution in [3.8, 4) is 0 Å². The molecule has 1 aliphatic heterocycles. The van der Waals surface area contributed by atoms with Crippen molar-refractivity contribution in [3.05, 3.63) is 34.3 Å². The van der Waals surface area contributed by atoms with E-state index in [-0.39, 0.29) is 17.9 Å². The highest BCUT2D eigenvalue weighted by Crippen LogP contribution is 2.14. The predicted molar refractivity (Wildman–Crippen MR) is 111 cm³/mol. The molecule has 1 atom stereocenters. The molecule has 5 nitrogen and oxygen atoms in total. The Labute approximate surface area is 165 Å². The van der Waals surface area contributed by atoms with E-state index in [1.807, 2.05) is 24.8 Å². The van der Waals surface area contributed by atoms with Crippen molar-refractivity contribution in [2.45, 2.75) is 46.1 Å². The SMILES string of the molecule is CCNC(=NCCCc1cccc(Br)c1)NC1CCN(C(=O)C(C)C)C1. The van der Waals surface area contributed by atoms with Gasteiger partial charge in [-0.3, -0.25) is 9.79 Å². The first-order valence-electron chi connectivity index (χ1n) is 9.57. The summed E-state index contributed by atoms with van der Waals surface area (Å²) >= 11 is 3.51. The van der Waals surface area contributed by atoms with Crippen molar-refractivity contribution < 1.29 is 4.79 Å². The normalized spacial score (nSPS) is 17.7. The molecule has 0 bridgehead atoms. The third-order valence-electron chi connectivity index (χ3n) is 4.46. The predicted octanol–water partition coefficient (Wildman–Crippen LogP) is 3.19. The van der Waals surface area contributed by atoms with Gasteiger partial charge in [0.05, 0.1) is 0 Å². The number of aliphatic imine (C=N–C) groups is 1. The van der Waals surface area contributed by atoms with Crippen LogP contribution in [0.4, 0.5) is 0 Å². The number of benzene rings is 1. The quantitative estimate of drug-likeness (QED) is 0.402. The largest absolute Gasteiger partial charge is 0.357 e. The second kappa shape index (κ2) is 10.6. The minimum atomic E-state index is 0.0636. The Balaban J connectivity index is 1.80. The first-order valence-corrected chi connectivity index (χ1v) is 10.4. The lowest BCUT2D eigenvalue weighted by molar-refractivity contribution is -0.133. The monoisotopic (exact) mass is 422 g/mol. The fourth-order valence-electron chi connectivity index (χ4n) is 3.12. The van der Waals surface area contributed by atoms with Crippen molar-refractivity contribution >= 4 is 27.8 Å². The van der Waals surface area contributed by atoms with Gasteiger partial charge in [0.2, 0.25) is 5.91 Å². The van der Waals surface area contributed by atoms with E-state index in [1.54, 1.807) is 0 Å². The highest BCUT2D eigenvalue weighted by Gasteiger charge is 2.27. The molecule has 2 rings (SSSR count). The van der Waals surface area contributed by atoms with Gasteiger partial charge in [0.1, 0.15) is 0 Å². The van der Waals surface area contributed by atoms with E-state index in [0.29, 0.717) is 0 Å². The number of aryl methyl sites for hydroxylation is 1. The van der Waals surface area contributed by atoms with Crippen LogP contribution in [-0.2, 0) is 11.2 Å². The third kappa shape index (κ3) is 6.63. The van der Waals surface area contributed by atoms with Gasteiger partial charge in [-0.15, -0.1) is 0 Å². The van der Waals surface area contributed by atoms with Gasteiger partial charge in [0, 0.05) is 42.6 Å². The summed E-state index contributed by atoms with van der Waals surface area (Å²) in [4.78, 5) is 18.8. The lowest BCUT2D eigenvalue weighted by atomic mass is 10.1. The van der Waals surface area contributed by atoms with Gasteiger partial charge in [-0.25, -0.2) is 0 Å². The Hall–Kier alpha value is -1.56. The summed E-state index contributed by atoms with van der Waals surface area (Å²) in [7, 11) is 0. The molecule has 0 aliphatic carbocycles. The first-order chi connectivity index (χ1) is 12.5. The fraction of sp³-hybridized carbons (Fsp3) is 0.600. The average Bonchev–Trinajstić information content (AvgIpc) is 3.06. The van der Waals surface area contributed by atoms with Crippen molar-refractivity contribution in [2.75, 3.05) is 26.2 Å². The molecule has 6 heteroatoms. The van der Waals surface area contributed by atoms with Gasteiger partial charge in [-0.1, -0.05) is 41.9 Å². The van der Waals surface area contributed by atoms with Crippen LogP contribution in [0.5, 0.6) is 0 Å². The molecule has 1 fully saturated rings. The molecule has 2 N–H and O–H groups in total. The maximum absolute atomic E-state index is 12.1. The Morgan fingerprint density at radius 2 is 2.23 bits per heavy atom. The molecule has 0 spiro atoms. The summed E-state index contributed by atoms with van der Waals surface area (Å²) in [5.74, 6) is 1.16. The molecule has 1 aliphatic rings. The number of carbonyl (C=O) groups is 1. The Morgan fingerprint density at radius 3 is 2.92 bits per heavy atom. The van der Waals surface area contributed by atoms with E-state index in [9.17, 15) is 4.79 Å². The molecule has 0 aromatic heterocycles. The molecule has 1 aromatic rings. The molecule has 1 unspecified atom stereocenters. The van der Waals surface area contributed by atoms with Gasteiger partial charge in [-0.2, -0.15) is 0 Å². The van der Waals surface area contributed by atoms with Crippen LogP contribution in [0.15, 0.2) is 33.7 Å². The number of likely N-dealkylation sites (tertiary alicyclic amines) is 1. The minimum absolute atomic E-state index is 0.0636. The molecule has 1 heterocycles. The molecule has 0 saturated carbocycles. The Kier molecular flexibility index (Phi) is 8.42.